The lowest BCUT2D eigenvalue weighted by Crippen LogP contribution is -2.15. The zero-order chi connectivity index (χ0) is 31.3. The summed E-state index contributed by atoms with van der Waals surface area (Å²) in [5.41, 5.74) is 10.5. The summed E-state index contributed by atoms with van der Waals surface area (Å²) in [5, 5.41) is 13.1. The zero-order valence-corrected chi connectivity index (χ0v) is 26.5. The van der Waals surface area contributed by atoms with Gasteiger partial charge in [0.25, 0.3) is 0 Å². The molecule has 0 unspecified atom stereocenters. The second-order valence-corrected chi connectivity index (χ2v) is 13.7. The average Bonchev–Trinajstić information content (AvgIpc) is 3.36. The van der Waals surface area contributed by atoms with Gasteiger partial charge in [0.05, 0.1) is 0 Å². The van der Waals surface area contributed by atoms with E-state index < -0.39 is 0 Å². The summed E-state index contributed by atoms with van der Waals surface area (Å²) in [6, 6.07) is 58.8. The van der Waals surface area contributed by atoms with Gasteiger partial charge >= 0.3 is 0 Å². The quantitative estimate of drug-likeness (QED) is 0.174. The van der Waals surface area contributed by atoms with Gasteiger partial charge in [0, 0.05) is 5.41 Å². The van der Waals surface area contributed by atoms with Crippen LogP contribution in [0.3, 0.4) is 0 Å². The smallest absolute Gasteiger partial charge is 0.0165 e. The van der Waals surface area contributed by atoms with E-state index in [0.29, 0.717) is 0 Å². The molecule has 1 aliphatic carbocycles. The highest BCUT2D eigenvalue weighted by molar-refractivity contribution is 6.20. The molecule has 0 aromatic heterocycles. The Hall–Kier alpha value is -5.72. The summed E-state index contributed by atoms with van der Waals surface area (Å²) in [4.78, 5) is 0. The Bertz CT molecular complexity index is 2760. The third-order valence-corrected chi connectivity index (χ3v) is 10.8. The van der Waals surface area contributed by atoms with Gasteiger partial charge in [-0.1, -0.05) is 147 Å². The molecule has 0 bridgehead atoms. The van der Waals surface area contributed by atoms with E-state index in [1.165, 1.54) is 98.4 Å². The fraction of sp³-hybridized carbons (Fsp3) is 0.0638. The molecule has 0 fully saturated rings. The topological polar surface area (TPSA) is 0 Å². The first kappa shape index (κ1) is 26.5. The Morgan fingerprint density at radius 3 is 1.66 bits per heavy atom. The van der Waals surface area contributed by atoms with Crippen LogP contribution < -0.4 is 0 Å². The van der Waals surface area contributed by atoms with E-state index >= 15 is 0 Å². The number of rotatable bonds is 2. The minimum Gasteiger partial charge on any atom is -0.0616 e. The molecule has 10 rings (SSSR count). The van der Waals surface area contributed by atoms with Crippen molar-refractivity contribution in [3.63, 3.8) is 0 Å². The van der Waals surface area contributed by atoms with Gasteiger partial charge in [-0.05, 0) is 123 Å². The van der Waals surface area contributed by atoms with E-state index in [4.69, 9.17) is 0 Å². The molecule has 0 aliphatic heterocycles. The molecule has 0 nitrogen and oxygen atoms in total. The van der Waals surface area contributed by atoms with Gasteiger partial charge in [0.1, 0.15) is 0 Å². The Morgan fingerprint density at radius 1 is 0.340 bits per heavy atom. The van der Waals surface area contributed by atoms with Crippen LogP contribution in [0, 0.1) is 0 Å². The minimum atomic E-state index is -0.125. The highest BCUT2D eigenvalue weighted by Crippen LogP contribution is 2.55. The lowest BCUT2D eigenvalue weighted by molar-refractivity contribution is 0.667. The van der Waals surface area contributed by atoms with Crippen molar-refractivity contribution < 1.29 is 0 Å². The normalized spacial score (nSPS) is 13.5. The van der Waals surface area contributed by atoms with Crippen LogP contribution in [0.2, 0.25) is 0 Å². The van der Waals surface area contributed by atoms with Crippen LogP contribution >= 0.6 is 0 Å². The maximum absolute atomic E-state index is 2.45. The van der Waals surface area contributed by atoms with Crippen LogP contribution in [0.25, 0.3) is 87.2 Å². The van der Waals surface area contributed by atoms with Crippen molar-refractivity contribution in [2.75, 3.05) is 0 Å². The molecule has 0 heteroatoms. The summed E-state index contributed by atoms with van der Waals surface area (Å²) in [6.07, 6.45) is 0. The Labute approximate surface area is 274 Å². The first-order valence-corrected chi connectivity index (χ1v) is 16.6. The molecule has 0 N–H and O–H groups in total. The molecule has 0 heterocycles. The molecule has 0 amide bonds. The number of fused-ring (bicyclic) bond motifs is 12. The molecule has 0 atom stereocenters. The molecule has 220 valence electrons. The van der Waals surface area contributed by atoms with Gasteiger partial charge in [-0.25, -0.2) is 0 Å². The summed E-state index contributed by atoms with van der Waals surface area (Å²) in [6.45, 7) is 4.82. The second kappa shape index (κ2) is 9.64. The largest absolute Gasteiger partial charge is 0.0616 e. The van der Waals surface area contributed by atoms with Crippen molar-refractivity contribution in [3.05, 3.63) is 169 Å². The first-order valence-electron chi connectivity index (χ1n) is 16.6. The summed E-state index contributed by atoms with van der Waals surface area (Å²) in [5.74, 6) is 0. The third kappa shape index (κ3) is 3.70. The Kier molecular flexibility index (Phi) is 5.44. The molecule has 47 heavy (non-hydrogen) atoms. The zero-order valence-electron chi connectivity index (χ0n) is 26.5. The lowest BCUT2D eigenvalue weighted by Gasteiger charge is -2.24. The van der Waals surface area contributed by atoms with Crippen LogP contribution in [0.1, 0.15) is 25.0 Å². The molecule has 0 spiro atoms. The van der Waals surface area contributed by atoms with Gasteiger partial charge in [-0.15, -0.1) is 0 Å². The lowest BCUT2D eigenvalue weighted by atomic mass is 9.78. The van der Waals surface area contributed by atoms with Crippen LogP contribution in [0.4, 0.5) is 0 Å². The highest BCUT2D eigenvalue weighted by atomic mass is 14.4. The highest BCUT2D eigenvalue weighted by Gasteiger charge is 2.38. The van der Waals surface area contributed by atoms with E-state index in [-0.39, 0.29) is 5.41 Å². The monoisotopic (exact) mass is 596 g/mol. The van der Waals surface area contributed by atoms with E-state index in [0.717, 1.165) is 0 Å². The first-order chi connectivity index (χ1) is 23.1. The molecule has 9 aromatic rings. The van der Waals surface area contributed by atoms with Crippen LogP contribution in [-0.2, 0) is 5.41 Å². The number of benzene rings is 9. The summed E-state index contributed by atoms with van der Waals surface area (Å²) in [7, 11) is 0. The fourth-order valence-corrected chi connectivity index (χ4v) is 8.63. The molecule has 9 aromatic carbocycles. The van der Waals surface area contributed by atoms with E-state index in [1.807, 2.05) is 0 Å². The van der Waals surface area contributed by atoms with Crippen LogP contribution in [-0.4, -0.2) is 0 Å². The molecule has 1 aliphatic rings. The van der Waals surface area contributed by atoms with E-state index in [9.17, 15) is 0 Å². The molecule has 0 saturated carbocycles. The maximum Gasteiger partial charge on any atom is 0.0165 e. The summed E-state index contributed by atoms with van der Waals surface area (Å²) >= 11 is 0. The van der Waals surface area contributed by atoms with Crippen molar-refractivity contribution in [2.24, 2.45) is 0 Å². The van der Waals surface area contributed by atoms with Crippen molar-refractivity contribution in [3.8, 4) is 33.4 Å². The predicted octanol–water partition coefficient (Wildman–Crippen LogP) is 13.1. The SMILES string of the molecule is CC1(C)c2cc3ccccc3cc2-c2c1c1ccc(-c3ccccc3-c3cc4ccccc4c4ccccc34)cc1c1ccccc21. The fourth-order valence-electron chi connectivity index (χ4n) is 8.63. The van der Waals surface area contributed by atoms with Gasteiger partial charge in [-0.3, -0.25) is 0 Å². The van der Waals surface area contributed by atoms with E-state index in [1.54, 1.807) is 0 Å². The number of hydrogen-bond donors (Lipinski definition) is 0. The molecule has 0 saturated heterocycles. The molecular weight excluding hydrogens is 565 g/mol. The Morgan fingerprint density at radius 2 is 0.894 bits per heavy atom. The number of hydrogen-bond acceptors (Lipinski definition) is 0. The van der Waals surface area contributed by atoms with Gasteiger partial charge < -0.3 is 0 Å². The van der Waals surface area contributed by atoms with Crippen LogP contribution in [0.15, 0.2) is 158 Å². The Balaban J connectivity index is 1.25. The van der Waals surface area contributed by atoms with Crippen LogP contribution in [0.5, 0.6) is 0 Å². The van der Waals surface area contributed by atoms with Crippen molar-refractivity contribution >= 4 is 53.9 Å². The molecular formula is C47H32. The van der Waals surface area contributed by atoms with Gasteiger partial charge in [-0.2, -0.15) is 0 Å². The maximum atomic E-state index is 2.45. The predicted molar refractivity (Wildman–Crippen MR) is 202 cm³/mol. The van der Waals surface area contributed by atoms with Gasteiger partial charge in [0.15, 0.2) is 0 Å². The van der Waals surface area contributed by atoms with Gasteiger partial charge in [0.2, 0.25) is 0 Å². The van der Waals surface area contributed by atoms with E-state index in [2.05, 4.69) is 172 Å². The summed E-state index contributed by atoms with van der Waals surface area (Å²) < 4.78 is 0. The van der Waals surface area contributed by atoms with Crippen molar-refractivity contribution in [1.29, 1.82) is 0 Å². The third-order valence-electron chi connectivity index (χ3n) is 10.8. The second-order valence-electron chi connectivity index (χ2n) is 13.7. The average molecular weight is 597 g/mol. The minimum absolute atomic E-state index is 0.125. The van der Waals surface area contributed by atoms with Crippen molar-refractivity contribution in [2.45, 2.75) is 19.3 Å². The molecule has 0 radical (unpaired) electrons. The van der Waals surface area contributed by atoms with Crippen molar-refractivity contribution in [1.82, 2.24) is 0 Å². The standard InChI is InChI=1S/C47H32/c1-47(2)44-28-30-14-4-3-13-29(30)25-43(44)45-39-22-12-11-21-38(39)42-27-32(23-24-40(42)46(45)47)34-17-7-8-19-36(34)41-26-31-15-5-6-16-33(31)35-18-9-10-20-37(35)41/h3-28H,1-2H3.